The molecule has 1 aromatic rings. The molecule has 0 fully saturated rings. The Morgan fingerprint density at radius 3 is 2.17 bits per heavy atom. The molecule has 0 aliphatic rings. The van der Waals surface area contributed by atoms with Crippen molar-refractivity contribution in [3.05, 3.63) is 65.8 Å². The number of ether oxygens (including phenoxy) is 1. The van der Waals surface area contributed by atoms with Crippen molar-refractivity contribution >= 4 is 12.0 Å². The van der Waals surface area contributed by atoms with Crippen molar-refractivity contribution in [1.29, 1.82) is 5.26 Å². The summed E-state index contributed by atoms with van der Waals surface area (Å²) in [4.78, 5) is 10.8. The Balaban J connectivity index is 0.000000438. The molecule has 0 bridgehead atoms. The van der Waals surface area contributed by atoms with Crippen LogP contribution in [0.25, 0.3) is 6.08 Å². The topological polar surface area (TPSA) is 50.1 Å². The van der Waals surface area contributed by atoms with Crippen LogP contribution in [0.5, 0.6) is 0 Å². The molecular weight excluding hydrogens is 286 g/mol. The summed E-state index contributed by atoms with van der Waals surface area (Å²) < 4.78 is 4.96. The average Bonchev–Trinajstić information content (AvgIpc) is 2.47. The third-order valence-corrected chi connectivity index (χ3v) is 2.36. The van der Waals surface area contributed by atoms with Gasteiger partial charge in [-0.25, -0.2) is 4.79 Å². The molecule has 0 saturated carbocycles. The number of carbonyl (C=O) groups is 1. The van der Waals surface area contributed by atoms with Gasteiger partial charge in [-0.1, -0.05) is 49.1 Å². The van der Waals surface area contributed by atoms with Gasteiger partial charge in [0.05, 0.1) is 6.07 Å². The molecule has 122 valence electrons. The fourth-order valence-electron chi connectivity index (χ4n) is 1.27. The Morgan fingerprint density at radius 2 is 1.78 bits per heavy atom. The SMILES string of the molecule is C=C(C)C(=O)OC(C)(C)C.CC(C#N)=CC=Cc1ccccc1. The maximum Gasteiger partial charge on any atom is 0.333 e. The van der Waals surface area contributed by atoms with Crippen LogP contribution in [0.4, 0.5) is 0 Å². The zero-order valence-corrected chi connectivity index (χ0v) is 14.6. The van der Waals surface area contributed by atoms with E-state index in [0.29, 0.717) is 11.1 Å². The van der Waals surface area contributed by atoms with E-state index in [1.54, 1.807) is 19.9 Å². The summed E-state index contributed by atoms with van der Waals surface area (Å²) in [6.07, 6.45) is 5.65. The molecule has 0 amide bonds. The van der Waals surface area contributed by atoms with Crippen LogP contribution in [0.1, 0.15) is 40.2 Å². The van der Waals surface area contributed by atoms with Crippen LogP contribution in [0.15, 0.2) is 60.2 Å². The van der Waals surface area contributed by atoms with E-state index in [-0.39, 0.29) is 5.97 Å². The van der Waals surface area contributed by atoms with Gasteiger partial charge in [-0.2, -0.15) is 5.26 Å². The first-order chi connectivity index (χ1) is 10.7. The standard InChI is InChI=1S/C12H11N.C8H14O2/c1-11(10-13)6-5-9-12-7-3-2-4-8-12;1-6(2)7(9)10-8(3,4)5/h2-9H,1H3;1H2,2-5H3. The second kappa shape index (κ2) is 10.2. The van der Waals surface area contributed by atoms with Gasteiger partial charge in [0.15, 0.2) is 0 Å². The van der Waals surface area contributed by atoms with Gasteiger partial charge in [0, 0.05) is 11.1 Å². The van der Waals surface area contributed by atoms with E-state index >= 15 is 0 Å². The number of benzene rings is 1. The summed E-state index contributed by atoms with van der Waals surface area (Å²) in [5.41, 5.74) is 1.89. The number of hydrogen-bond acceptors (Lipinski definition) is 3. The quantitative estimate of drug-likeness (QED) is 0.339. The van der Waals surface area contributed by atoms with E-state index in [0.717, 1.165) is 5.56 Å². The molecule has 0 unspecified atom stereocenters. The molecule has 23 heavy (non-hydrogen) atoms. The van der Waals surface area contributed by atoms with Crippen LogP contribution in [0.3, 0.4) is 0 Å². The summed E-state index contributed by atoms with van der Waals surface area (Å²) in [5.74, 6) is -0.326. The number of rotatable bonds is 3. The van der Waals surface area contributed by atoms with Crippen molar-refractivity contribution in [3.63, 3.8) is 0 Å². The third kappa shape index (κ3) is 11.7. The molecule has 0 N–H and O–H groups in total. The van der Waals surface area contributed by atoms with Crippen LogP contribution in [-0.2, 0) is 9.53 Å². The van der Waals surface area contributed by atoms with E-state index in [9.17, 15) is 4.79 Å². The van der Waals surface area contributed by atoms with Crippen molar-refractivity contribution < 1.29 is 9.53 Å². The molecule has 3 heteroatoms. The van der Waals surface area contributed by atoms with Gasteiger partial charge in [-0.05, 0) is 46.3 Å². The fourth-order valence-corrected chi connectivity index (χ4v) is 1.27. The second-order valence-corrected chi connectivity index (χ2v) is 6.01. The van der Waals surface area contributed by atoms with Crippen molar-refractivity contribution in [2.45, 2.75) is 40.2 Å². The first kappa shape index (κ1) is 20.4. The lowest BCUT2D eigenvalue weighted by molar-refractivity contribution is -0.149. The van der Waals surface area contributed by atoms with Crippen molar-refractivity contribution in [2.24, 2.45) is 0 Å². The smallest absolute Gasteiger partial charge is 0.333 e. The van der Waals surface area contributed by atoms with Gasteiger partial charge in [0.1, 0.15) is 5.60 Å². The van der Waals surface area contributed by atoms with Crippen molar-refractivity contribution in [2.75, 3.05) is 0 Å². The molecule has 0 aliphatic heterocycles. The first-order valence-corrected chi connectivity index (χ1v) is 7.34. The predicted molar refractivity (Wildman–Crippen MR) is 95.5 cm³/mol. The number of hydrogen-bond donors (Lipinski definition) is 0. The zero-order chi connectivity index (χ0) is 17.9. The van der Waals surface area contributed by atoms with Crippen LogP contribution in [0.2, 0.25) is 0 Å². The highest BCUT2D eigenvalue weighted by molar-refractivity contribution is 5.87. The molecule has 1 aromatic carbocycles. The normalized spacial score (nSPS) is 11.2. The summed E-state index contributed by atoms with van der Waals surface area (Å²) in [7, 11) is 0. The lowest BCUT2D eigenvalue weighted by atomic mass is 10.2. The Hall–Kier alpha value is -2.60. The molecule has 0 atom stereocenters. The van der Waals surface area contributed by atoms with Crippen molar-refractivity contribution in [1.82, 2.24) is 0 Å². The Bertz CT molecular complexity index is 611. The number of nitriles is 1. The third-order valence-electron chi connectivity index (χ3n) is 2.36. The van der Waals surface area contributed by atoms with Gasteiger partial charge in [0.2, 0.25) is 0 Å². The lowest BCUT2D eigenvalue weighted by Crippen LogP contribution is -2.23. The zero-order valence-electron chi connectivity index (χ0n) is 14.6. The molecule has 0 heterocycles. The molecule has 0 radical (unpaired) electrons. The average molecular weight is 311 g/mol. The largest absolute Gasteiger partial charge is 0.457 e. The summed E-state index contributed by atoms with van der Waals surface area (Å²) in [5, 5.41) is 8.48. The van der Waals surface area contributed by atoms with Crippen LogP contribution >= 0.6 is 0 Å². The molecule has 1 rings (SSSR count). The van der Waals surface area contributed by atoms with E-state index in [4.69, 9.17) is 10.00 Å². The number of esters is 1. The summed E-state index contributed by atoms with van der Waals surface area (Å²) >= 11 is 0. The highest BCUT2D eigenvalue weighted by Crippen LogP contribution is 2.09. The van der Waals surface area contributed by atoms with Gasteiger partial charge < -0.3 is 4.74 Å². The van der Waals surface area contributed by atoms with E-state index < -0.39 is 5.60 Å². The number of nitrogens with zero attached hydrogens (tertiary/aromatic N) is 1. The summed E-state index contributed by atoms with van der Waals surface area (Å²) in [6.45, 7) is 12.4. The maximum atomic E-state index is 10.8. The van der Waals surface area contributed by atoms with Gasteiger partial charge in [-0.3, -0.25) is 0 Å². The highest BCUT2D eigenvalue weighted by Gasteiger charge is 2.15. The minimum absolute atomic E-state index is 0.326. The molecule has 0 aromatic heterocycles. The lowest BCUT2D eigenvalue weighted by Gasteiger charge is -2.19. The molecule has 3 nitrogen and oxygen atoms in total. The molecule has 0 aliphatic carbocycles. The Labute approximate surface area is 139 Å². The fraction of sp³-hybridized carbons (Fsp3) is 0.300. The minimum atomic E-state index is -0.407. The van der Waals surface area contributed by atoms with Crippen molar-refractivity contribution in [3.8, 4) is 6.07 Å². The first-order valence-electron chi connectivity index (χ1n) is 7.34. The van der Waals surface area contributed by atoms with Gasteiger partial charge in [-0.15, -0.1) is 0 Å². The Morgan fingerprint density at radius 1 is 1.22 bits per heavy atom. The maximum absolute atomic E-state index is 10.8. The number of allylic oxidation sites excluding steroid dienone is 3. The molecular formula is C20H25NO2. The van der Waals surface area contributed by atoms with Gasteiger partial charge >= 0.3 is 5.97 Å². The molecule has 0 saturated heterocycles. The Kier molecular flexibility index (Phi) is 9.03. The van der Waals surface area contributed by atoms with E-state index in [2.05, 4.69) is 12.6 Å². The van der Waals surface area contributed by atoms with E-state index in [1.165, 1.54) is 0 Å². The monoisotopic (exact) mass is 311 g/mol. The number of carbonyl (C=O) groups excluding carboxylic acids is 1. The second-order valence-electron chi connectivity index (χ2n) is 6.01. The van der Waals surface area contributed by atoms with Crippen LogP contribution < -0.4 is 0 Å². The molecule has 0 spiro atoms. The van der Waals surface area contributed by atoms with E-state index in [1.807, 2.05) is 63.3 Å². The minimum Gasteiger partial charge on any atom is -0.457 e. The predicted octanol–water partition coefficient (Wildman–Crippen LogP) is 5.07. The van der Waals surface area contributed by atoms with Gasteiger partial charge in [0.25, 0.3) is 0 Å². The van der Waals surface area contributed by atoms with Crippen LogP contribution in [-0.4, -0.2) is 11.6 Å². The highest BCUT2D eigenvalue weighted by atomic mass is 16.6. The van der Waals surface area contributed by atoms with Crippen LogP contribution in [0, 0.1) is 11.3 Å². The summed E-state index contributed by atoms with van der Waals surface area (Å²) in [6, 6.07) is 12.1.